The van der Waals surface area contributed by atoms with Gasteiger partial charge in [0.1, 0.15) is 4.47 Å². The number of halogens is 1. The third-order valence-electron chi connectivity index (χ3n) is 2.65. The summed E-state index contributed by atoms with van der Waals surface area (Å²) in [5, 5.41) is 7.45. The summed E-state index contributed by atoms with van der Waals surface area (Å²) in [5.41, 5.74) is 0.777. The molecule has 4 nitrogen and oxygen atoms in total. The highest BCUT2D eigenvalue weighted by Gasteiger charge is 2.22. The molecule has 1 fully saturated rings. The number of unbranched alkanes of at least 4 members (excludes halogenated alkanes) is 1. The summed E-state index contributed by atoms with van der Waals surface area (Å²) in [7, 11) is 0. The van der Waals surface area contributed by atoms with Crippen molar-refractivity contribution in [1.82, 2.24) is 9.78 Å². The summed E-state index contributed by atoms with van der Waals surface area (Å²) >= 11 is 3.34. The van der Waals surface area contributed by atoms with Crippen molar-refractivity contribution in [2.24, 2.45) is 0 Å². The third kappa shape index (κ3) is 2.64. The third-order valence-corrected chi connectivity index (χ3v) is 3.41. The van der Waals surface area contributed by atoms with E-state index in [-0.39, 0.29) is 5.56 Å². The summed E-state index contributed by atoms with van der Waals surface area (Å²) in [6.07, 6.45) is 6.15. The maximum atomic E-state index is 11.9. The van der Waals surface area contributed by atoms with Crippen LogP contribution in [0.1, 0.15) is 32.6 Å². The summed E-state index contributed by atoms with van der Waals surface area (Å²) in [6, 6.07) is 0.531. The quantitative estimate of drug-likeness (QED) is 0.904. The van der Waals surface area contributed by atoms with Gasteiger partial charge in [-0.2, -0.15) is 5.10 Å². The maximum Gasteiger partial charge on any atom is 0.283 e. The molecule has 1 aliphatic rings. The molecule has 1 saturated carbocycles. The minimum Gasteiger partial charge on any atom is -0.380 e. The van der Waals surface area contributed by atoms with Crippen LogP contribution in [-0.2, 0) is 6.54 Å². The van der Waals surface area contributed by atoms with E-state index in [0.29, 0.717) is 17.1 Å². The predicted molar refractivity (Wildman–Crippen MR) is 67.7 cm³/mol. The molecule has 0 saturated heterocycles. The summed E-state index contributed by atoms with van der Waals surface area (Å²) < 4.78 is 2.12. The topological polar surface area (TPSA) is 46.9 Å². The van der Waals surface area contributed by atoms with E-state index in [0.717, 1.165) is 18.5 Å². The molecule has 0 bridgehead atoms. The minimum absolute atomic E-state index is 0.0425. The summed E-state index contributed by atoms with van der Waals surface area (Å²) in [5.74, 6) is 0. The first-order valence-corrected chi connectivity index (χ1v) is 6.54. The van der Waals surface area contributed by atoms with Gasteiger partial charge in [0.05, 0.1) is 11.9 Å². The van der Waals surface area contributed by atoms with Gasteiger partial charge in [0.25, 0.3) is 5.56 Å². The highest BCUT2D eigenvalue weighted by atomic mass is 79.9. The van der Waals surface area contributed by atoms with Gasteiger partial charge in [-0.05, 0) is 35.2 Å². The van der Waals surface area contributed by atoms with Crippen LogP contribution < -0.4 is 10.9 Å². The van der Waals surface area contributed by atoms with Crippen molar-refractivity contribution < 1.29 is 0 Å². The van der Waals surface area contributed by atoms with E-state index in [1.54, 1.807) is 6.20 Å². The number of hydrogen-bond donors (Lipinski definition) is 1. The second-order valence-corrected chi connectivity index (χ2v) is 4.97. The van der Waals surface area contributed by atoms with Gasteiger partial charge < -0.3 is 5.32 Å². The van der Waals surface area contributed by atoms with Crippen LogP contribution in [0.3, 0.4) is 0 Å². The molecule has 1 aliphatic carbocycles. The lowest BCUT2D eigenvalue weighted by molar-refractivity contribution is 0.541. The molecule has 0 aromatic carbocycles. The number of aromatic nitrogens is 2. The largest absolute Gasteiger partial charge is 0.380 e. The van der Waals surface area contributed by atoms with Crippen LogP contribution in [-0.4, -0.2) is 15.8 Å². The normalized spacial score (nSPS) is 15.1. The molecule has 1 N–H and O–H groups in total. The van der Waals surface area contributed by atoms with E-state index in [2.05, 4.69) is 33.3 Å². The van der Waals surface area contributed by atoms with E-state index >= 15 is 0 Å². The van der Waals surface area contributed by atoms with Crippen LogP contribution in [0.25, 0.3) is 0 Å². The fourth-order valence-corrected chi connectivity index (χ4v) is 1.90. The molecule has 5 heteroatoms. The fraction of sp³-hybridized carbons (Fsp3) is 0.636. The van der Waals surface area contributed by atoms with E-state index in [4.69, 9.17) is 0 Å². The number of nitrogens with zero attached hydrogens (tertiary/aromatic N) is 2. The molecule has 0 spiro atoms. The number of hydrogen-bond acceptors (Lipinski definition) is 3. The molecule has 0 amide bonds. The van der Waals surface area contributed by atoms with Gasteiger partial charge in [-0.25, -0.2) is 4.68 Å². The Morgan fingerprint density at radius 3 is 3.00 bits per heavy atom. The molecule has 1 aromatic heterocycles. The Balaban J connectivity index is 2.17. The van der Waals surface area contributed by atoms with Gasteiger partial charge in [0, 0.05) is 12.6 Å². The van der Waals surface area contributed by atoms with Gasteiger partial charge in [-0.1, -0.05) is 13.3 Å². The van der Waals surface area contributed by atoms with E-state index in [1.807, 2.05) is 0 Å². The van der Waals surface area contributed by atoms with Gasteiger partial charge in [-0.15, -0.1) is 0 Å². The SMILES string of the molecule is CCCCn1ncc(NC2CC2)c(Br)c1=O. The highest BCUT2D eigenvalue weighted by molar-refractivity contribution is 9.10. The zero-order chi connectivity index (χ0) is 11.5. The molecule has 2 rings (SSSR count). The van der Waals surface area contributed by atoms with Gasteiger partial charge in [0.15, 0.2) is 0 Å². The molecule has 16 heavy (non-hydrogen) atoms. The number of nitrogens with one attached hydrogen (secondary N) is 1. The standard InChI is InChI=1S/C11H16BrN3O/c1-2-3-6-15-11(16)10(12)9(7-13-15)14-8-4-5-8/h7-8,14H,2-6H2,1H3. The van der Waals surface area contributed by atoms with Crippen molar-refractivity contribution >= 4 is 21.6 Å². The van der Waals surface area contributed by atoms with Crippen molar-refractivity contribution in [2.45, 2.75) is 45.2 Å². The smallest absolute Gasteiger partial charge is 0.283 e. The Hall–Kier alpha value is -0.840. The molecule has 0 atom stereocenters. The average Bonchev–Trinajstić information content (AvgIpc) is 3.08. The molecule has 0 radical (unpaired) electrons. The van der Waals surface area contributed by atoms with Crippen LogP contribution in [0.5, 0.6) is 0 Å². The lowest BCUT2D eigenvalue weighted by Crippen LogP contribution is -2.24. The lowest BCUT2D eigenvalue weighted by Gasteiger charge is -2.09. The first-order valence-electron chi connectivity index (χ1n) is 5.74. The van der Waals surface area contributed by atoms with Crippen LogP contribution >= 0.6 is 15.9 Å². The fourth-order valence-electron chi connectivity index (χ4n) is 1.48. The predicted octanol–water partition coefficient (Wildman–Crippen LogP) is 2.38. The van der Waals surface area contributed by atoms with Gasteiger partial charge >= 0.3 is 0 Å². The second kappa shape index (κ2) is 4.99. The van der Waals surface area contributed by atoms with Crippen LogP contribution in [0, 0.1) is 0 Å². The molecule has 0 aliphatic heterocycles. The maximum absolute atomic E-state index is 11.9. The van der Waals surface area contributed by atoms with Gasteiger partial charge in [-0.3, -0.25) is 4.79 Å². The zero-order valence-corrected chi connectivity index (χ0v) is 11.0. The van der Waals surface area contributed by atoms with Crippen LogP contribution in [0.4, 0.5) is 5.69 Å². The molecule has 0 unspecified atom stereocenters. The lowest BCUT2D eigenvalue weighted by atomic mass is 10.3. The van der Waals surface area contributed by atoms with Crippen molar-refractivity contribution in [1.29, 1.82) is 0 Å². The van der Waals surface area contributed by atoms with Crippen molar-refractivity contribution in [2.75, 3.05) is 5.32 Å². The van der Waals surface area contributed by atoms with E-state index in [9.17, 15) is 4.79 Å². The minimum atomic E-state index is -0.0425. The Kier molecular flexibility index (Phi) is 3.63. The Morgan fingerprint density at radius 2 is 2.38 bits per heavy atom. The van der Waals surface area contributed by atoms with E-state index < -0.39 is 0 Å². The average molecular weight is 286 g/mol. The van der Waals surface area contributed by atoms with E-state index in [1.165, 1.54) is 17.5 Å². The molecule has 1 heterocycles. The van der Waals surface area contributed by atoms with Crippen molar-refractivity contribution in [3.05, 3.63) is 21.0 Å². The number of rotatable bonds is 5. The van der Waals surface area contributed by atoms with Crippen molar-refractivity contribution in [3.8, 4) is 0 Å². The number of anilines is 1. The molecular weight excluding hydrogens is 270 g/mol. The molecule has 88 valence electrons. The second-order valence-electron chi connectivity index (χ2n) is 4.17. The molecule has 1 aromatic rings. The van der Waals surface area contributed by atoms with Crippen LogP contribution in [0.2, 0.25) is 0 Å². The first kappa shape index (κ1) is 11.6. The summed E-state index contributed by atoms with van der Waals surface area (Å²) in [4.78, 5) is 11.9. The highest BCUT2D eigenvalue weighted by Crippen LogP contribution is 2.27. The van der Waals surface area contributed by atoms with Crippen molar-refractivity contribution in [3.63, 3.8) is 0 Å². The Bertz CT molecular complexity index is 426. The Labute approximate surface area is 103 Å². The zero-order valence-electron chi connectivity index (χ0n) is 9.37. The Morgan fingerprint density at radius 1 is 1.62 bits per heavy atom. The van der Waals surface area contributed by atoms with Crippen LogP contribution in [0.15, 0.2) is 15.5 Å². The summed E-state index contributed by atoms with van der Waals surface area (Å²) in [6.45, 7) is 2.79. The van der Waals surface area contributed by atoms with Gasteiger partial charge in [0.2, 0.25) is 0 Å². The first-order chi connectivity index (χ1) is 7.72. The monoisotopic (exact) mass is 285 g/mol. The number of aryl methyl sites for hydroxylation is 1. The molecular formula is C11H16BrN3O.